The average molecular weight is 417 g/mol. The fourth-order valence-electron chi connectivity index (χ4n) is 2.51. The van der Waals surface area contributed by atoms with Crippen molar-refractivity contribution in [2.75, 3.05) is 6.61 Å². The van der Waals surface area contributed by atoms with Crippen LogP contribution in [0.3, 0.4) is 0 Å². The Morgan fingerprint density at radius 3 is 2.89 bits per heavy atom. The molecule has 0 radical (unpaired) electrons. The summed E-state index contributed by atoms with van der Waals surface area (Å²) in [6, 6.07) is 10.6. The van der Waals surface area contributed by atoms with Gasteiger partial charge in [-0.2, -0.15) is 5.10 Å². The van der Waals surface area contributed by atoms with Crippen molar-refractivity contribution in [2.45, 2.75) is 31.2 Å². The Labute approximate surface area is 172 Å². The van der Waals surface area contributed by atoms with Crippen molar-refractivity contribution < 1.29 is 9.53 Å². The van der Waals surface area contributed by atoms with Gasteiger partial charge in [-0.05, 0) is 48.9 Å². The van der Waals surface area contributed by atoms with Crippen molar-refractivity contribution in [3.05, 3.63) is 52.5 Å². The smallest absolute Gasteiger partial charge is 0.271 e. The number of halogens is 1. The van der Waals surface area contributed by atoms with Crippen LogP contribution in [0.15, 0.2) is 46.7 Å². The van der Waals surface area contributed by atoms with E-state index in [1.54, 1.807) is 36.0 Å². The number of ether oxygens (including phenoxy) is 1. The lowest BCUT2D eigenvalue weighted by molar-refractivity contribution is 0.0955. The molecule has 6 nitrogen and oxygen atoms in total. The van der Waals surface area contributed by atoms with Crippen LogP contribution in [-0.2, 0) is 0 Å². The topological polar surface area (TPSA) is 79.4 Å². The highest BCUT2D eigenvalue weighted by atomic mass is 35.5. The zero-order chi connectivity index (χ0) is 20.1. The Morgan fingerprint density at radius 2 is 2.18 bits per heavy atom. The fourth-order valence-corrected chi connectivity index (χ4v) is 3.52. The number of hydrogen-bond acceptors (Lipinski definition) is 5. The van der Waals surface area contributed by atoms with Crippen molar-refractivity contribution >= 4 is 46.5 Å². The summed E-state index contributed by atoms with van der Waals surface area (Å²) < 4.78 is 5.39. The van der Waals surface area contributed by atoms with Gasteiger partial charge in [0.25, 0.3) is 5.91 Å². The molecule has 28 heavy (non-hydrogen) atoms. The first kappa shape index (κ1) is 20.2. The zero-order valence-electron chi connectivity index (χ0n) is 15.8. The number of hydrogen-bond donors (Lipinski definition) is 2. The average Bonchev–Trinajstić information content (AvgIpc) is 3.04. The van der Waals surface area contributed by atoms with E-state index in [4.69, 9.17) is 16.3 Å². The highest BCUT2D eigenvalue weighted by Crippen LogP contribution is 2.25. The molecule has 0 saturated heterocycles. The molecule has 0 fully saturated rings. The molecule has 0 bridgehead atoms. The van der Waals surface area contributed by atoms with Gasteiger partial charge in [-0.25, -0.2) is 10.4 Å². The van der Waals surface area contributed by atoms with E-state index in [1.807, 2.05) is 19.1 Å². The Morgan fingerprint density at radius 1 is 1.36 bits per heavy atom. The minimum Gasteiger partial charge on any atom is -0.492 e. The molecule has 0 aliphatic rings. The first-order valence-electron chi connectivity index (χ1n) is 8.88. The molecule has 3 aromatic rings. The lowest BCUT2D eigenvalue weighted by Gasteiger charge is -2.05. The lowest BCUT2D eigenvalue weighted by Crippen LogP contribution is -2.17. The first-order chi connectivity index (χ1) is 13.5. The second kappa shape index (κ2) is 9.12. The van der Waals surface area contributed by atoms with Gasteiger partial charge in [0.05, 0.1) is 28.9 Å². The summed E-state index contributed by atoms with van der Waals surface area (Å²) >= 11 is 7.79. The van der Waals surface area contributed by atoms with Gasteiger partial charge >= 0.3 is 0 Å². The molecule has 1 amide bonds. The molecule has 0 aliphatic heterocycles. The van der Waals surface area contributed by atoms with Gasteiger partial charge in [0.15, 0.2) is 5.16 Å². The van der Waals surface area contributed by atoms with Crippen LogP contribution in [-0.4, -0.2) is 33.9 Å². The predicted octanol–water partition coefficient (Wildman–Crippen LogP) is 4.88. The summed E-state index contributed by atoms with van der Waals surface area (Å²) in [6.07, 6.45) is 1.53. The van der Waals surface area contributed by atoms with Crippen molar-refractivity contribution in [3.8, 4) is 5.75 Å². The van der Waals surface area contributed by atoms with Crippen LogP contribution in [0.1, 0.15) is 36.7 Å². The summed E-state index contributed by atoms with van der Waals surface area (Å²) in [7, 11) is 0. The number of hydrazone groups is 1. The maximum absolute atomic E-state index is 12.4. The molecule has 0 spiro atoms. The number of nitrogens with zero attached hydrogens (tertiary/aromatic N) is 2. The number of imidazole rings is 1. The molecular weight excluding hydrogens is 396 g/mol. The molecule has 2 aromatic carbocycles. The SMILES string of the molecule is CCOc1ccc(/C=N\NC(=O)c2ccc3nc(SC(C)C)[nH]c3c2)cc1Cl. The van der Waals surface area contributed by atoms with Gasteiger partial charge in [0.2, 0.25) is 0 Å². The Hall–Kier alpha value is -2.51. The number of carbonyl (C=O) groups excluding carboxylic acids is 1. The summed E-state index contributed by atoms with van der Waals surface area (Å²) in [5, 5.41) is 5.77. The molecule has 1 aromatic heterocycles. The van der Waals surface area contributed by atoms with E-state index in [9.17, 15) is 4.79 Å². The summed E-state index contributed by atoms with van der Waals surface area (Å²) in [4.78, 5) is 20.1. The highest BCUT2D eigenvalue weighted by Gasteiger charge is 2.10. The zero-order valence-corrected chi connectivity index (χ0v) is 17.4. The molecule has 0 atom stereocenters. The standard InChI is InChI=1S/C20H21ClN4O2S/c1-4-27-18-8-5-13(9-15(18)21)11-22-25-19(26)14-6-7-16-17(10-14)24-20(23-16)28-12(2)3/h5-12H,4H2,1-3H3,(H,23,24)(H,25,26)/b22-11-. The van der Waals surface area contributed by atoms with E-state index in [0.29, 0.717) is 28.2 Å². The van der Waals surface area contributed by atoms with Crippen LogP contribution < -0.4 is 10.2 Å². The number of H-pyrrole nitrogens is 1. The van der Waals surface area contributed by atoms with Crippen molar-refractivity contribution in [1.29, 1.82) is 0 Å². The lowest BCUT2D eigenvalue weighted by atomic mass is 10.2. The number of thioether (sulfide) groups is 1. The largest absolute Gasteiger partial charge is 0.492 e. The number of fused-ring (bicyclic) bond motifs is 1. The molecule has 8 heteroatoms. The van der Waals surface area contributed by atoms with Gasteiger partial charge in [-0.3, -0.25) is 4.79 Å². The van der Waals surface area contributed by atoms with Crippen LogP contribution in [0.5, 0.6) is 5.75 Å². The second-order valence-electron chi connectivity index (χ2n) is 6.26. The molecule has 2 N–H and O–H groups in total. The van der Waals surface area contributed by atoms with Crippen LogP contribution in [0.25, 0.3) is 11.0 Å². The van der Waals surface area contributed by atoms with E-state index in [1.165, 1.54) is 6.21 Å². The van der Waals surface area contributed by atoms with E-state index in [-0.39, 0.29) is 5.91 Å². The van der Waals surface area contributed by atoms with Crippen LogP contribution >= 0.6 is 23.4 Å². The van der Waals surface area contributed by atoms with Gasteiger partial charge < -0.3 is 9.72 Å². The van der Waals surface area contributed by atoms with Crippen LogP contribution in [0, 0.1) is 0 Å². The fraction of sp³-hybridized carbons (Fsp3) is 0.250. The van der Waals surface area contributed by atoms with Crippen molar-refractivity contribution in [1.82, 2.24) is 15.4 Å². The predicted molar refractivity (Wildman–Crippen MR) is 115 cm³/mol. The number of nitrogens with one attached hydrogen (secondary N) is 2. The molecule has 146 valence electrons. The van der Waals surface area contributed by atoms with Crippen molar-refractivity contribution in [2.24, 2.45) is 5.10 Å². The number of benzene rings is 2. The monoisotopic (exact) mass is 416 g/mol. The van der Waals surface area contributed by atoms with Gasteiger partial charge in [-0.1, -0.05) is 37.2 Å². The molecule has 0 aliphatic carbocycles. The minimum absolute atomic E-state index is 0.303. The van der Waals surface area contributed by atoms with Crippen molar-refractivity contribution in [3.63, 3.8) is 0 Å². The Bertz CT molecular complexity index is 1020. The van der Waals surface area contributed by atoms with E-state index in [0.717, 1.165) is 21.8 Å². The third kappa shape index (κ3) is 5.05. The molecule has 0 unspecified atom stereocenters. The van der Waals surface area contributed by atoms with Gasteiger partial charge in [0.1, 0.15) is 5.75 Å². The minimum atomic E-state index is -0.303. The van der Waals surface area contributed by atoms with Crippen LogP contribution in [0.2, 0.25) is 5.02 Å². The van der Waals surface area contributed by atoms with Gasteiger partial charge in [-0.15, -0.1) is 0 Å². The third-order valence-corrected chi connectivity index (χ3v) is 4.89. The molecule has 3 rings (SSSR count). The maximum atomic E-state index is 12.4. The van der Waals surface area contributed by atoms with Gasteiger partial charge in [0, 0.05) is 10.8 Å². The number of aromatic amines is 1. The molecular formula is C20H21ClN4O2S. The Balaban J connectivity index is 1.67. The summed E-state index contributed by atoms with van der Waals surface area (Å²) in [6.45, 7) is 6.64. The van der Waals surface area contributed by atoms with Crippen LogP contribution in [0.4, 0.5) is 0 Å². The third-order valence-electron chi connectivity index (χ3n) is 3.71. The van der Waals surface area contributed by atoms with E-state index >= 15 is 0 Å². The first-order valence-corrected chi connectivity index (χ1v) is 10.1. The second-order valence-corrected chi connectivity index (χ2v) is 8.23. The van der Waals surface area contributed by atoms with E-state index < -0.39 is 0 Å². The Kier molecular flexibility index (Phi) is 6.59. The summed E-state index contributed by atoms with van der Waals surface area (Å²) in [5.74, 6) is 0.316. The number of aromatic nitrogens is 2. The normalized spacial score (nSPS) is 11.5. The highest BCUT2D eigenvalue weighted by molar-refractivity contribution is 7.99. The number of carbonyl (C=O) groups is 1. The van der Waals surface area contributed by atoms with E-state index in [2.05, 4.69) is 34.3 Å². The maximum Gasteiger partial charge on any atom is 0.271 e. The molecule has 1 heterocycles. The quantitative estimate of drug-likeness (QED) is 0.327. The molecule has 0 saturated carbocycles. The number of rotatable bonds is 7. The summed E-state index contributed by atoms with van der Waals surface area (Å²) in [5.41, 5.74) is 5.43. The number of amides is 1.